The van der Waals surface area contributed by atoms with Crippen LogP contribution in [0.25, 0.3) is 39.0 Å². The second-order valence-corrected chi connectivity index (χ2v) is 10.8. The predicted molar refractivity (Wildman–Crippen MR) is 174 cm³/mol. The molecule has 0 atom stereocenters. The molecular formula is C36H24BN5O. The van der Waals surface area contributed by atoms with Gasteiger partial charge in [-0.1, -0.05) is 84.9 Å². The first-order chi connectivity index (χ1) is 21.3. The summed E-state index contributed by atoms with van der Waals surface area (Å²) in [6.07, 6.45) is 0. The topological polar surface area (TPSA) is 55.2 Å². The summed E-state index contributed by atoms with van der Waals surface area (Å²) in [6, 6.07) is 47.6. The van der Waals surface area contributed by atoms with Gasteiger partial charge in [0.2, 0.25) is 5.88 Å². The Balaban J connectivity index is 1.10. The molecule has 6 nitrogen and oxygen atoms in total. The second-order valence-electron chi connectivity index (χ2n) is 10.8. The van der Waals surface area contributed by atoms with Crippen LogP contribution in [0.5, 0.6) is 11.6 Å². The minimum Gasteiger partial charge on any atom is -0.439 e. The Morgan fingerprint density at radius 2 is 1.44 bits per heavy atom. The summed E-state index contributed by atoms with van der Waals surface area (Å²) in [6.45, 7) is -0.121. The van der Waals surface area contributed by atoms with E-state index in [-0.39, 0.29) is 6.98 Å². The zero-order valence-electron chi connectivity index (χ0n) is 23.1. The molecule has 7 aromatic rings. The third-order valence-corrected chi connectivity index (χ3v) is 8.25. The van der Waals surface area contributed by atoms with E-state index in [0.717, 1.165) is 55.9 Å². The smallest absolute Gasteiger partial charge is 0.433 e. The van der Waals surface area contributed by atoms with Crippen LogP contribution in [0.1, 0.15) is 0 Å². The average molecular weight is 553 g/mol. The Kier molecular flexibility index (Phi) is 5.19. The molecule has 5 aromatic carbocycles. The van der Waals surface area contributed by atoms with Crippen LogP contribution in [0.3, 0.4) is 0 Å². The lowest BCUT2D eigenvalue weighted by Crippen LogP contribution is -2.52. The summed E-state index contributed by atoms with van der Waals surface area (Å²) in [5.41, 5.74) is 10.6. The van der Waals surface area contributed by atoms with E-state index in [4.69, 9.17) is 14.8 Å². The Hall–Kier alpha value is -5.82. The number of benzene rings is 5. The van der Waals surface area contributed by atoms with Crippen molar-refractivity contribution in [1.82, 2.24) is 14.8 Å². The Bertz CT molecular complexity index is 2180. The van der Waals surface area contributed by atoms with Gasteiger partial charge in [0.1, 0.15) is 11.4 Å². The zero-order valence-corrected chi connectivity index (χ0v) is 23.1. The summed E-state index contributed by atoms with van der Waals surface area (Å²) >= 11 is 0. The van der Waals surface area contributed by atoms with Crippen LogP contribution in [-0.2, 0) is 0 Å². The van der Waals surface area contributed by atoms with Crippen LogP contribution in [0.4, 0.5) is 17.1 Å². The quantitative estimate of drug-likeness (QED) is 0.225. The number of rotatable bonds is 4. The van der Waals surface area contributed by atoms with E-state index < -0.39 is 0 Å². The molecule has 4 heterocycles. The molecule has 9 rings (SSSR count). The number of hydrogen-bond acceptors (Lipinski definition) is 5. The maximum absolute atomic E-state index is 6.43. The van der Waals surface area contributed by atoms with Crippen LogP contribution in [0.15, 0.2) is 140 Å². The Morgan fingerprint density at radius 1 is 0.651 bits per heavy atom. The van der Waals surface area contributed by atoms with Gasteiger partial charge in [-0.15, -0.1) is 0 Å². The molecule has 2 aromatic heterocycles. The van der Waals surface area contributed by atoms with Gasteiger partial charge in [-0.05, 0) is 42.5 Å². The molecule has 7 heteroatoms. The predicted octanol–water partition coefficient (Wildman–Crippen LogP) is 7.82. The fourth-order valence-corrected chi connectivity index (χ4v) is 6.35. The number of nitrogens with zero attached hydrogens (tertiary/aromatic N) is 4. The van der Waals surface area contributed by atoms with Crippen molar-refractivity contribution in [3.63, 3.8) is 0 Å². The second kappa shape index (κ2) is 9.36. The van der Waals surface area contributed by atoms with Gasteiger partial charge in [0.15, 0.2) is 0 Å². The standard InChI is InChI=1S/C36H24BN5O/c1-2-11-24(12-3-1)35-29-16-5-8-19-32(29)42(40-35)25-13-10-14-26(23-25)43-34-22-21-28-27-15-4-7-18-31(27)41-33-20-9-6-17-30(33)39-37(41)36(28)38-34/h1-23,39H. The van der Waals surface area contributed by atoms with E-state index in [9.17, 15) is 0 Å². The summed E-state index contributed by atoms with van der Waals surface area (Å²) in [5, 5.41) is 9.83. The highest BCUT2D eigenvalue weighted by molar-refractivity contribution is 6.84. The molecule has 0 radical (unpaired) electrons. The molecule has 0 unspecified atom stereocenters. The number of pyridine rings is 1. The summed E-state index contributed by atoms with van der Waals surface area (Å²) in [4.78, 5) is 7.41. The van der Waals surface area contributed by atoms with Crippen molar-refractivity contribution in [2.75, 3.05) is 10.0 Å². The summed E-state index contributed by atoms with van der Waals surface area (Å²) in [5.74, 6) is 1.24. The molecule has 0 fully saturated rings. The maximum Gasteiger partial charge on any atom is 0.433 e. The molecular weight excluding hydrogens is 529 g/mol. The highest BCUT2D eigenvalue weighted by Crippen LogP contribution is 2.45. The number of aromatic nitrogens is 3. The number of para-hydroxylation sites is 4. The maximum atomic E-state index is 6.43. The molecule has 1 N–H and O–H groups in total. The number of hydrogen-bond donors (Lipinski definition) is 1. The van der Waals surface area contributed by atoms with Crippen LogP contribution in [0, 0.1) is 0 Å². The highest BCUT2D eigenvalue weighted by atomic mass is 16.5. The number of ether oxygens (including phenoxy) is 1. The van der Waals surface area contributed by atoms with Crippen LogP contribution in [0.2, 0.25) is 0 Å². The van der Waals surface area contributed by atoms with Gasteiger partial charge in [0, 0.05) is 45.6 Å². The van der Waals surface area contributed by atoms with Gasteiger partial charge >= 0.3 is 6.98 Å². The van der Waals surface area contributed by atoms with Crippen LogP contribution < -0.4 is 20.4 Å². The molecule has 0 aliphatic carbocycles. The van der Waals surface area contributed by atoms with E-state index in [0.29, 0.717) is 11.6 Å². The molecule has 202 valence electrons. The van der Waals surface area contributed by atoms with Crippen LogP contribution >= 0.6 is 0 Å². The zero-order chi connectivity index (χ0) is 28.3. The van der Waals surface area contributed by atoms with Crippen molar-refractivity contribution >= 4 is 40.5 Å². The van der Waals surface area contributed by atoms with Gasteiger partial charge in [-0.3, -0.25) is 0 Å². The molecule has 0 bridgehead atoms. The van der Waals surface area contributed by atoms with E-state index >= 15 is 0 Å². The highest BCUT2D eigenvalue weighted by Gasteiger charge is 2.43. The number of anilines is 3. The first-order valence-electron chi connectivity index (χ1n) is 14.4. The SMILES string of the molecule is c1ccc(-c2nn(-c3cccc(Oc4ccc5c(n4)B4Nc6ccccc6N4c4ccccc4-5)c3)c3ccccc23)cc1. The lowest BCUT2D eigenvalue weighted by Gasteiger charge is -2.32. The van der Waals surface area contributed by atoms with Crippen molar-refractivity contribution in [3.05, 3.63) is 140 Å². The normalized spacial score (nSPS) is 12.7. The molecule has 0 saturated heterocycles. The monoisotopic (exact) mass is 553 g/mol. The first kappa shape index (κ1) is 23.8. The molecule has 0 saturated carbocycles. The van der Waals surface area contributed by atoms with Crippen molar-refractivity contribution in [2.24, 2.45) is 0 Å². The van der Waals surface area contributed by atoms with Crippen LogP contribution in [-0.4, -0.2) is 21.7 Å². The third-order valence-electron chi connectivity index (χ3n) is 8.25. The molecule has 2 aliphatic heterocycles. The average Bonchev–Trinajstić information content (AvgIpc) is 3.65. The lowest BCUT2D eigenvalue weighted by molar-refractivity contribution is 0.464. The minimum absolute atomic E-state index is 0.121. The first-order valence-corrected chi connectivity index (χ1v) is 14.4. The summed E-state index contributed by atoms with van der Waals surface area (Å²) < 4.78 is 8.41. The largest absolute Gasteiger partial charge is 0.439 e. The van der Waals surface area contributed by atoms with Crippen molar-refractivity contribution < 1.29 is 4.74 Å². The lowest BCUT2D eigenvalue weighted by atomic mass is 9.64. The van der Waals surface area contributed by atoms with Crippen molar-refractivity contribution in [2.45, 2.75) is 0 Å². The fraction of sp³-hybridized carbons (Fsp3) is 0. The van der Waals surface area contributed by atoms with E-state index in [2.05, 4.69) is 101 Å². The fourth-order valence-electron chi connectivity index (χ4n) is 6.35. The van der Waals surface area contributed by atoms with Gasteiger partial charge in [0.05, 0.1) is 22.5 Å². The minimum atomic E-state index is -0.121. The molecule has 2 aliphatic rings. The Labute approximate surface area is 249 Å². The Morgan fingerprint density at radius 3 is 2.37 bits per heavy atom. The van der Waals surface area contributed by atoms with E-state index in [1.165, 1.54) is 5.69 Å². The third kappa shape index (κ3) is 3.75. The van der Waals surface area contributed by atoms with Gasteiger partial charge in [-0.2, -0.15) is 5.10 Å². The van der Waals surface area contributed by atoms with Gasteiger partial charge < -0.3 is 14.8 Å². The molecule has 0 amide bonds. The van der Waals surface area contributed by atoms with Gasteiger partial charge in [0.25, 0.3) is 0 Å². The van der Waals surface area contributed by atoms with E-state index in [1.807, 2.05) is 53.2 Å². The molecule has 0 spiro atoms. The number of nitrogens with one attached hydrogen (secondary N) is 1. The van der Waals surface area contributed by atoms with E-state index in [1.54, 1.807) is 0 Å². The van der Waals surface area contributed by atoms with Crippen molar-refractivity contribution in [1.29, 1.82) is 0 Å². The van der Waals surface area contributed by atoms with Gasteiger partial charge in [-0.25, -0.2) is 9.67 Å². The summed E-state index contributed by atoms with van der Waals surface area (Å²) in [7, 11) is 0. The van der Waals surface area contributed by atoms with Crippen molar-refractivity contribution in [3.8, 4) is 39.7 Å². The molecule has 43 heavy (non-hydrogen) atoms. The number of fused-ring (bicyclic) bond motifs is 9.